The Labute approximate surface area is 168 Å². The molecule has 3 aromatic carbocycles. The first-order valence-electron chi connectivity index (χ1n) is 9.00. The molecule has 1 amide bonds. The number of amides is 1. The molecule has 0 fully saturated rings. The van der Waals surface area contributed by atoms with Crippen LogP contribution in [0, 0.1) is 10.1 Å². The molecule has 0 saturated carbocycles. The van der Waals surface area contributed by atoms with Gasteiger partial charge < -0.3 is 10.1 Å². The van der Waals surface area contributed by atoms with Crippen molar-refractivity contribution in [1.82, 2.24) is 5.32 Å². The highest BCUT2D eigenvalue weighted by Gasteiger charge is 2.14. The van der Waals surface area contributed by atoms with Gasteiger partial charge in [0.1, 0.15) is 5.75 Å². The number of methoxy groups -OCH3 is 1. The Morgan fingerprint density at radius 3 is 2.48 bits per heavy atom. The average Bonchev–Trinajstić information content (AvgIpc) is 2.76. The van der Waals surface area contributed by atoms with Gasteiger partial charge in [-0.1, -0.05) is 60.7 Å². The predicted octanol–water partition coefficient (Wildman–Crippen LogP) is 4.46. The van der Waals surface area contributed by atoms with Crippen LogP contribution < -0.4 is 10.1 Å². The molecule has 1 N–H and O–H groups in total. The van der Waals surface area contributed by atoms with Crippen molar-refractivity contribution in [3.8, 4) is 5.75 Å². The number of ether oxygens (including phenoxy) is 1. The van der Waals surface area contributed by atoms with Gasteiger partial charge in [0.05, 0.1) is 12.0 Å². The fourth-order valence-electron chi connectivity index (χ4n) is 2.91. The van der Waals surface area contributed by atoms with Crippen LogP contribution in [0.25, 0.3) is 11.6 Å². The Morgan fingerprint density at radius 1 is 1.03 bits per heavy atom. The van der Waals surface area contributed by atoms with Gasteiger partial charge in [0.2, 0.25) is 0 Å². The highest BCUT2D eigenvalue weighted by molar-refractivity contribution is 6.24. The molecule has 0 bridgehead atoms. The lowest BCUT2D eigenvalue weighted by Crippen LogP contribution is -2.24. The molecule has 0 heterocycles. The number of rotatable bonds is 7. The Hall–Kier alpha value is -3.93. The Balaban J connectivity index is 1.91. The van der Waals surface area contributed by atoms with Crippen molar-refractivity contribution in [3.63, 3.8) is 0 Å². The summed E-state index contributed by atoms with van der Waals surface area (Å²) < 4.78 is 5.32. The summed E-state index contributed by atoms with van der Waals surface area (Å²) in [6.45, 7) is 0.294. The van der Waals surface area contributed by atoms with Crippen molar-refractivity contribution in [2.24, 2.45) is 0 Å². The summed E-state index contributed by atoms with van der Waals surface area (Å²) in [6.07, 6.45) is 1.65. The number of nitro benzene ring substituents is 1. The lowest BCUT2D eigenvalue weighted by Gasteiger charge is -2.12. The molecule has 0 aliphatic rings. The molecule has 0 spiro atoms. The van der Waals surface area contributed by atoms with Gasteiger partial charge in [-0.25, -0.2) is 0 Å². The molecule has 6 nitrogen and oxygen atoms in total. The summed E-state index contributed by atoms with van der Waals surface area (Å²) in [5.41, 5.74) is 2.54. The fourth-order valence-corrected chi connectivity index (χ4v) is 2.91. The second kappa shape index (κ2) is 9.32. The predicted molar refractivity (Wildman–Crippen MR) is 112 cm³/mol. The van der Waals surface area contributed by atoms with E-state index in [1.807, 2.05) is 54.6 Å². The summed E-state index contributed by atoms with van der Waals surface area (Å²) in [4.78, 5) is 23.6. The van der Waals surface area contributed by atoms with Crippen LogP contribution in [0.15, 0.2) is 78.9 Å². The number of carbonyl (C=O) groups is 1. The Morgan fingerprint density at radius 2 is 1.76 bits per heavy atom. The maximum atomic E-state index is 13.0. The van der Waals surface area contributed by atoms with Crippen molar-refractivity contribution in [3.05, 3.63) is 106 Å². The van der Waals surface area contributed by atoms with E-state index in [0.29, 0.717) is 23.4 Å². The molecule has 0 aromatic heterocycles. The van der Waals surface area contributed by atoms with Crippen molar-refractivity contribution in [1.29, 1.82) is 0 Å². The third kappa shape index (κ3) is 5.07. The number of hydrogen-bond acceptors (Lipinski definition) is 4. The van der Waals surface area contributed by atoms with Crippen LogP contribution in [-0.4, -0.2) is 17.9 Å². The third-order valence-electron chi connectivity index (χ3n) is 4.35. The zero-order chi connectivity index (χ0) is 20.6. The van der Waals surface area contributed by atoms with Crippen LogP contribution in [0.1, 0.15) is 16.7 Å². The van der Waals surface area contributed by atoms with E-state index in [9.17, 15) is 14.9 Å². The van der Waals surface area contributed by atoms with Gasteiger partial charge in [-0.05, 0) is 23.3 Å². The van der Waals surface area contributed by atoms with Crippen LogP contribution in [0.3, 0.4) is 0 Å². The second-order valence-electron chi connectivity index (χ2n) is 6.27. The van der Waals surface area contributed by atoms with Gasteiger partial charge in [0.25, 0.3) is 11.6 Å². The first-order chi connectivity index (χ1) is 14.1. The number of benzene rings is 3. The van der Waals surface area contributed by atoms with Crippen molar-refractivity contribution in [2.45, 2.75) is 6.54 Å². The minimum atomic E-state index is -0.457. The summed E-state index contributed by atoms with van der Waals surface area (Å²) in [7, 11) is 1.58. The zero-order valence-electron chi connectivity index (χ0n) is 15.9. The lowest BCUT2D eigenvalue weighted by molar-refractivity contribution is -0.384. The van der Waals surface area contributed by atoms with E-state index in [-0.39, 0.29) is 11.6 Å². The number of para-hydroxylation sites is 1. The number of nitro groups is 1. The molecule has 3 aromatic rings. The number of carbonyl (C=O) groups excluding carboxylic acids is 1. The van der Waals surface area contributed by atoms with Crippen LogP contribution >= 0.6 is 0 Å². The van der Waals surface area contributed by atoms with Gasteiger partial charge in [-0.15, -0.1) is 0 Å². The van der Waals surface area contributed by atoms with E-state index in [1.165, 1.54) is 12.1 Å². The van der Waals surface area contributed by atoms with E-state index in [0.717, 1.165) is 11.1 Å². The second-order valence-corrected chi connectivity index (χ2v) is 6.27. The third-order valence-corrected chi connectivity index (χ3v) is 4.35. The molecular formula is C23H20N2O4. The Bertz CT molecular complexity index is 1050. The largest absolute Gasteiger partial charge is 0.496 e. The Kier molecular flexibility index (Phi) is 6.37. The molecule has 0 saturated heterocycles. The van der Waals surface area contributed by atoms with Crippen LogP contribution in [0.5, 0.6) is 5.75 Å². The van der Waals surface area contributed by atoms with Crippen molar-refractivity contribution < 1.29 is 14.5 Å². The topological polar surface area (TPSA) is 81.5 Å². The van der Waals surface area contributed by atoms with Gasteiger partial charge >= 0.3 is 0 Å². The molecule has 0 aliphatic heterocycles. The number of nitrogens with zero attached hydrogens (tertiary/aromatic N) is 1. The molecule has 3 rings (SSSR count). The number of nitrogens with one attached hydrogen (secondary N) is 1. The normalized spacial score (nSPS) is 11.0. The summed E-state index contributed by atoms with van der Waals surface area (Å²) in [5.74, 6) is 0.408. The molecular weight excluding hydrogens is 368 g/mol. The van der Waals surface area contributed by atoms with Crippen molar-refractivity contribution in [2.75, 3.05) is 7.11 Å². The maximum absolute atomic E-state index is 13.0. The highest BCUT2D eigenvalue weighted by atomic mass is 16.6. The average molecular weight is 388 g/mol. The number of hydrogen-bond donors (Lipinski definition) is 1. The fraction of sp³-hybridized carbons (Fsp3) is 0.0870. The molecule has 146 valence electrons. The van der Waals surface area contributed by atoms with Gasteiger partial charge in [0.15, 0.2) is 0 Å². The molecule has 29 heavy (non-hydrogen) atoms. The van der Waals surface area contributed by atoms with E-state index < -0.39 is 4.92 Å². The van der Waals surface area contributed by atoms with Gasteiger partial charge in [-0.2, -0.15) is 0 Å². The molecule has 6 heteroatoms. The SMILES string of the molecule is COc1ccccc1CNC(=O)/C(=C/c1cccc([N+](=O)[O-])c1)c1ccccc1. The van der Waals surface area contributed by atoms with Gasteiger partial charge in [0, 0.05) is 29.8 Å². The summed E-state index contributed by atoms with van der Waals surface area (Å²) >= 11 is 0. The van der Waals surface area contributed by atoms with Gasteiger partial charge in [-0.3, -0.25) is 14.9 Å². The number of non-ortho nitro benzene ring substituents is 1. The minimum Gasteiger partial charge on any atom is -0.496 e. The van der Waals surface area contributed by atoms with E-state index in [2.05, 4.69) is 5.32 Å². The zero-order valence-corrected chi connectivity index (χ0v) is 15.9. The summed E-state index contributed by atoms with van der Waals surface area (Å²) in [5, 5.41) is 14.0. The van der Waals surface area contributed by atoms with E-state index in [1.54, 1.807) is 25.3 Å². The first kappa shape index (κ1) is 19.8. The molecule has 0 radical (unpaired) electrons. The van der Waals surface area contributed by atoms with Crippen LogP contribution in [0.2, 0.25) is 0 Å². The van der Waals surface area contributed by atoms with Crippen LogP contribution in [-0.2, 0) is 11.3 Å². The van der Waals surface area contributed by atoms with Crippen LogP contribution in [0.4, 0.5) is 5.69 Å². The quantitative estimate of drug-likeness (QED) is 0.280. The smallest absolute Gasteiger partial charge is 0.270 e. The van der Waals surface area contributed by atoms with E-state index >= 15 is 0 Å². The maximum Gasteiger partial charge on any atom is 0.270 e. The molecule has 0 aliphatic carbocycles. The van der Waals surface area contributed by atoms with Crippen molar-refractivity contribution >= 4 is 23.2 Å². The standard InChI is InChI=1S/C23H20N2O4/c1-29-22-13-6-5-11-19(22)16-24-23(26)21(18-9-3-2-4-10-18)15-17-8-7-12-20(14-17)25(27)28/h2-15H,16H2,1H3,(H,24,26)/b21-15+. The van der Waals surface area contributed by atoms with E-state index in [4.69, 9.17) is 4.74 Å². The minimum absolute atomic E-state index is 0.0272. The molecule has 0 unspecified atom stereocenters. The highest BCUT2D eigenvalue weighted by Crippen LogP contribution is 2.22. The summed E-state index contributed by atoms with van der Waals surface area (Å²) in [6, 6.07) is 22.8. The monoisotopic (exact) mass is 388 g/mol. The molecule has 0 atom stereocenters. The first-order valence-corrected chi connectivity index (χ1v) is 9.00. The lowest BCUT2D eigenvalue weighted by atomic mass is 10.0.